The molecule has 0 radical (unpaired) electrons. The van der Waals surface area contributed by atoms with Crippen molar-refractivity contribution in [2.24, 2.45) is 11.8 Å². The molecule has 2 atom stereocenters. The fourth-order valence-electron chi connectivity index (χ4n) is 4.71. The molecule has 1 aromatic rings. The van der Waals surface area contributed by atoms with Crippen molar-refractivity contribution in [1.29, 1.82) is 0 Å². The van der Waals surface area contributed by atoms with Gasteiger partial charge in [0.05, 0.1) is 18.8 Å². The van der Waals surface area contributed by atoms with E-state index in [9.17, 15) is 0 Å². The molecule has 1 saturated carbocycles. The van der Waals surface area contributed by atoms with Gasteiger partial charge in [-0.2, -0.15) is 0 Å². The second-order valence-corrected chi connectivity index (χ2v) is 8.17. The molecule has 2 unspecified atom stereocenters. The van der Waals surface area contributed by atoms with Crippen LogP contribution in [0.15, 0.2) is 24.3 Å². The van der Waals surface area contributed by atoms with E-state index in [4.69, 9.17) is 9.47 Å². The topological polar surface area (TPSA) is 18.5 Å². The molecule has 3 rings (SSSR count). The van der Waals surface area contributed by atoms with E-state index >= 15 is 0 Å². The van der Waals surface area contributed by atoms with E-state index in [1.165, 1.54) is 68.9 Å². The highest BCUT2D eigenvalue weighted by molar-refractivity contribution is 5.22. The van der Waals surface area contributed by atoms with Crippen LogP contribution in [0.1, 0.15) is 69.4 Å². The van der Waals surface area contributed by atoms with Crippen molar-refractivity contribution in [2.45, 2.75) is 83.3 Å². The maximum atomic E-state index is 6.25. The second kappa shape index (κ2) is 9.73. The summed E-state index contributed by atoms with van der Waals surface area (Å²) in [5, 5.41) is 0. The van der Waals surface area contributed by atoms with Gasteiger partial charge in [0.1, 0.15) is 0 Å². The number of benzene rings is 1. The van der Waals surface area contributed by atoms with Crippen molar-refractivity contribution >= 4 is 0 Å². The average Bonchev–Trinajstić information content (AvgIpc) is 2.68. The molecular formula is C23H36O2. The van der Waals surface area contributed by atoms with Crippen LogP contribution in [0.5, 0.6) is 0 Å². The smallest absolute Gasteiger partial charge is 0.0578 e. The number of hydrogen-bond donors (Lipinski definition) is 0. The highest BCUT2D eigenvalue weighted by atomic mass is 16.5. The summed E-state index contributed by atoms with van der Waals surface area (Å²) in [6.45, 7) is 3.23. The minimum atomic E-state index is 0.474. The maximum absolute atomic E-state index is 6.25. The first-order valence-corrected chi connectivity index (χ1v) is 10.5. The molecule has 0 amide bonds. The van der Waals surface area contributed by atoms with Crippen molar-refractivity contribution < 1.29 is 9.47 Å². The molecule has 0 aromatic heterocycles. The molecule has 1 aromatic carbocycles. The van der Waals surface area contributed by atoms with Gasteiger partial charge >= 0.3 is 0 Å². The SMILES string of the molecule is CCCc1ccc(CCC2CCC(C3CCC(OC)CC3)CO2)cc1. The third-order valence-corrected chi connectivity index (χ3v) is 6.44. The lowest BCUT2D eigenvalue weighted by molar-refractivity contribution is -0.0477. The first kappa shape index (κ1) is 18.9. The van der Waals surface area contributed by atoms with Crippen LogP contribution >= 0.6 is 0 Å². The second-order valence-electron chi connectivity index (χ2n) is 8.17. The Morgan fingerprint density at radius 2 is 1.52 bits per heavy atom. The lowest BCUT2D eigenvalue weighted by atomic mass is 9.76. The molecule has 1 aliphatic heterocycles. The van der Waals surface area contributed by atoms with Crippen LogP contribution < -0.4 is 0 Å². The largest absolute Gasteiger partial charge is 0.381 e. The van der Waals surface area contributed by atoms with Gasteiger partial charge in [-0.1, -0.05) is 37.6 Å². The van der Waals surface area contributed by atoms with E-state index in [2.05, 4.69) is 31.2 Å². The van der Waals surface area contributed by atoms with Crippen molar-refractivity contribution in [3.63, 3.8) is 0 Å². The Bertz CT molecular complexity index is 479. The summed E-state index contributed by atoms with van der Waals surface area (Å²) in [7, 11) is 1.86. The Hall–Kier alpha value is -0.860. The summed E-state index contributed by atoms with van der Waals surface area (Å²) in [6.07, 6.45) is 13.5. The predicted molar refractivity (Wildman–Crippen MR) is 104 cm³/mol. The van der Waals surface area contributed by atoms with Crippen molar-refractivity contribution in [1.82, 2.24) is 0 Å². The lowest BCUT2D eigenvalue weighted by Gasteiger charge is -2.37. The Morgan fingerprint density at radius 3 is 2.08 bits per heavy atom. The Balaban J connectivity index is 1.36. The minimum Gasteiger partial charge on any atom is -0.381 e. The molecular weight excluding hydrogens is 308 g/mol. The van der Waals surface area contributed by atoms with E-state index in [-0.39, 0.29) is 0 Å². The maximum Gasteiger partial charge on any atom is 0.0578 e. The quantitative estimate of drug-likeness (QED) is 0.643. The van der Waals surface area contributed by atoms with Gasteiger partial charge in [0.25, 0.3) is 0 Å². The highest BCUT2D eigenvalue weighted by Crippen LogP contribution is 2.36. The molecule has 1 heterocycles. The predicted octanol–water partition coefficient (Wildman–Crippen LogP) is 5.57. The van der Waals surface area contributed by atoms with Gasteiger partial charge in [-0.3, -0.25) is 0 Å². The average molecular weight is 345 g/mol. The Kier molecular flexibility index (Phi) is 7.36. The van der Waals surface area contributed by atoms with Gasteiger partial charge < -0.3 is 9.47 Å². The first-order chi connectivity index (χ1) is 12.3. The third-order valence-electron chi connectivity index (χ3n) is 6.44. The van der Waals surface area contributed by atoms with Crippen LogP contribution in [-0.4, -0.2) is 25.9 Å². The molecule has 25 heavy (non-hydrogen) atoms. The van der Waals surface area contributed by atoms with Crippen molar-refractivity contribution in [3.05, 3.63) is 35.4 Å². The fourth-order valence-corrected chi connectivity index (χ4v) is 4.71. The number of ether oxygens (including phenoxy) is 2. The third kappa shape index (κ3) is 5.56. The molecule has 0 bridgehead atoms. The summed E-state index contributed by atoms with van der Waals surface area (Å²) < 4.78 is 11.8. The number of aryl methyl sites for hydroxylation is 2. The van der Waals surface area contributed by atoms with Gasteiger partial charge in [0, 0.05) is 7.11 Å². The highest BCUT2D eigenvalue weighted by Gasteiger charge is 2.31. The van der Waals surface area contributed by atoms with Crippen LogP contribution in [0.3, 0.4) is 0 Å². The number of rotatable bonds is 7. The van der Waals surface area contributed by atoms with E-state index in [0.29, 0.717) is 12.2 Å². The van der Waals surface area contributed by atoms with Crippen LogP contribution in [0.4, 0.5) is 0 Å². The molecule has 140 valence electrons. The van der Waals surface area contributed by atoms with Crippen LogP contribution in [0.2, 0.25) is 0 Å². The zero-order valence-corrected chi connectivity index (χ0v) is 16.2. The molecule has 0 N–H and O–H groups in total. The summed E-state index contributed by atoms with van der Waals surface area (Å²) in [4.78, 5) is 0. The van der Waals surface area contributed by atoms with Gasteiger partial charge in [0.15, 0.2) is 0 Å². The van der Waals surface area contributed by atoms with E-state index in [1.54, 1.807) is 0 Å². The molecule has 1 saturated heterocycles. The fraction of sp³-hybridized carbons (Fsp3) is 0.739. The first-order valence-electron chi connectivity index (χ1n) is 10.5. The monoisotopic (exact) mass is 344 g/mol. The van der Waals surface area contributed by atoms with Gasteiger partial charge in [0.2, 0.25) is 0 Å². The zero-order valence-electron chi connectivity index (χ0n) is 16.2. The summed E-state index contributed by atoms with van der Waals surface area (Å²) >= 11 is 0. The molecule has 2 fully saturated rings. The molecule has 2 heteroatoms. The van der Waals surface area contributed by atoms with Crippen molar-refractivity contribution in [3.8, 4) is 0 Å². The standard InChI is InChI=1S/C23H36O2/c1-3-4-18-5-7-19(8-6-18)9-13-23-16-12-21(17-25-23)20-10-14-22(24-2)15-11-20/h5-8,20-23H,3-4,9-17H2,1-2H3. The summed E-state index contributed by atoms with van der Waals surface area (Å²) in [5.74, 6) is 1.67. The van der Waals surface area contributed by atoms with Gasteiger partial charge in [-0.05, 0) is 80.8 Å². The van der Waals surface area contributed by atoms with E-state index < -0.39 is 0 Å². The number of methoxy groups -OCH3 is 1. The molecule has 2 nitrogen and oxygen atoms in total. The molecule has 2 aliphatic rings. The normalized spacial score (nSPS) is 30.3. The number of hydrogen-bond acceptors (Lipinski definition) is 2. The molecule has 0 spiro atoms. The van der Waals surface area contributed by atoms with Gasteiger partial charge in [-0.25, -0.2) is 0 Å². The Morgan fingerprint density at radius 1 is 0.880 bits per heavy atom. The zero-order chi connectivity index (χ0) is 17.5. The minimum absolute atomic E-state index is 0.474. The van der Waals surface area contributed by atoms with Crippen LogP contribution in [0, 0.1) is 11.8 Å². The molecule has 1 aliphatic carbocycles. The van der Waals surface area contributed by atoms with Crippen LogP contribution in [-0.2, 0) is 22.3 Å². The summed E-state index contributed by atoms with van der Waals surface area (Å²) in [5.41, 5.74) is 2.93. The Labute approximate surface area is 154 Å². The van der Waals surface area contributed by atoms with E-state index in [0.717, 1.165) is 24.9 Å². The lowest BCUT2D eigenvalue weighted by Crippen LogP contribution is -2.33. The van der Waals surface area contributed by atoms with E-state index in [1.807, 2.05) is 7.11 Å². The van der Waals surface area contributed by atoms with Crippen LogP contribution in [0.25, 0.3) is 0 Å². The van der Waals surface area contributed by atoms with Gasteiger partial charge in [-0.15, -0.1) is 0 Å². The summed E-state index contributed by atoms with van der Waals surface area (Å²) in [6, 6.07) is 9.22. The van der Waals surface area contributed by atoms with Crippen molar-refractivity contribution in [2.75, 3.05) is 13.7 Å².